The normalized spacial score (nSPS) is 31.2. The van der Waals surface area contributed by atoms with Crippen LogP contribution in [-0.2, 0) is 13.0 Å². The van der Waals surface area contributed by atoms with Crippen LogP contribution >= 0.6 is 11.3 Å². The molecule has 2 saturated carbocycles. The van der Waals surface area contributed by atoms with Crippen LogP contribution in [0.3, 0.4) is 0 Å². The van der Waals surface area contributed by atoms with Crippen molar-refractivity contribution in [3.8, 4) is 0 Å². The number of rotatable bonds is 5. The molecule has 0 aromatic carbocycles. The molecule has 2 nitrogen and oxygen atoms in total. The molecule has 0 saturated heterocycles. The second-order valence-corrected chi connectivity index (χ2v) is 6.59. The Morgan fingerprint density at radius 3 is 3.00 bits per heavy atom. The minimum atomic E-state index is 0.957. The molecule has 0 radical (unpaired) electrons. The third-order valence-corrected chi connectivity index (χ3v) is 5.54. The fourth-order valence-corrected chi connectivity index (χ4v) is 4.35. The van der Waals surface area contributed by atoms with Crippen molar-refractivity contribution < 1.29 is 0 Å². The van der Waals surface area contributed by atoms with Crippen molar-refractivity contribution in [2.45, 2.75) is 45.6 Å². The molecule has 3 unspecified atom stereocenters. The van der Waals surface area contributed by atoms with Crippen LogP contribution in [0, 0.1) is 17.8 Å². The Morgan fingerprint density at radius 1 is 1.41 bits per heavy atom. The first-order chi connectivity index (χ1) is 8.35. The van der Waals surface area contributed by atoms with Gasteiger partial charge >= 0.3 is 0 Å². The highest BCUT2D eigenvalue weighted by atomic mass is 32.1. The number of hydrogen-bond acceptors (Lipinski definition) is 3. The highest BCUT2D eigenvalue weighted by Crippen LogP contribution is 2.47. The third-order valence-electron chi connectivity index (χ3n) is 4.50. The summed E-state index contributed by atoms with van der Waals surface area (Å²) in [7, 11) is 0. The summed E-state index contributed by atoms with van der Waals surface area (Å²) >= 11 is 1.79. The maximum absolute atomic E-state index is 4.60. The molecule has 1 aromatic rings. The molecular formula is C14H22N2S. The summed E-state index contributed by atoms with van der Waals surface area (Å²) in [4.78, 5) is 4.60. The molecule has 1 heterocycles. The van der Waals surface area contributed by atoms with Crippen molar-refractivity contribution in [1.82, 2.24) is 10.3 Å². The number of aryl methyl sites for hydroxylation is 1. The third kappa shape index (κ3) is 2.55. The van der Waals surface area contributed by atoms with Gasteiger partial charge in [-0.15, -0.1) is 11.3 Å². The van der Waals surface area contributed by atoms with Gasteiger partial charge in [0.2, 0.25) is 0 Å². The van der Waals surface area contributed by atoms with E-state index in [1.807, 2.05) is 0 Å². The topological polar surface area (TPSA) is 24.9 Å². The van der Waals surface area contributed by atoms with E-state index in [2.05, 4.69) is 22.6 Å². The Labute approximate surface area is 108 Å². The van der Waals surface area contributed by atoms with Gasteiger partial charge in [0.1, 0.15) is 0 Å². The first-order valence-electron chi connectivity index (χ1n) is 6.99. The summed E-state index contributed by atoms with van der Waals surface area (Å²) in [5.41, 5.74) is 1.23. The second-order valence-electron chi connectivity index (χ2n) is 5.65. The van der Waals surface area contributed by atoms with Crippen molar-refractivity contribution in [1.29, 1.82) is 0 Å². The number of thiazole rings is 1. The lowest BCUT2D eigenvalue weighted by Gasteiger charge is -2.21. The standard InChI is InChI=1S/C14H22N2S/c1-2-14-16-13(9-17-14)8-15-7-12-6-10-3-4-11(12)5-10/h9-12,15H,2-8H2,1H3. The van der Waals surface area contributed by atoms with Gasteiger partial charge in [-0.3, -0.25) is 0 Å². The quantitative estimate of drug-likeness (QED) is 0.868. The maximum atomic E-state index is 4.60. The molecule has 3 rings (SSSR count). The van der Waals surface area contributed by atoms with Gasteiger partial charge < -0.3 is 5.32 Å². The molecule has 2 aliphatic rings. The SMILES string of the molecule is CCc1nc(CNCC2CC3CCC2C3)cs1. The smallest absolute Gasteiger partial charge is 0.0926 e. The summed E-state index contributed by atoms with van der Waals surface area (Å²) in [6, 6.07) is 0. The highest BCUT2D eigenvalue weighted by Gasteiger charge is 2.38. The van der Waals surface area contributed by atoms with Gasteiger partial charge in [0.15, 0.2) is 0 Å². The first kappa shape index (κ1) is 11.7. The Kier molecular flexibility index (Phi) is 3.48. The summed E-state index contributed by atoms with van der Waals surface area (Å²) in [5, 5.41) is 7.08. The van der Waals surface area contributed by atoms with Gasteiger partial charge in [-0.25, -0.2) is 4.98 Å². The van der Waals surface area contributed by atoms with Crippen molar-refractivity contribution in [2.24, 2.45) is 17.8 Å². The fourth-order valence-electron chi connectivity index (χ4n) is 3.60. The van der Waals surface area contributed by atoms with E-state index in [-0.39, 0.29) is 0 Å². The highest BCUT2D eigenvalue weighted by molar-refractivity contribution is 7.09. The van der Waals surface area contributed by atoms with E-state index in [1.54, 1.807) is 11.3 Å². The summed E-state index contributed by atoms with van der Waals surface area (Å²) in [6.07, 6.45) is 7.07. The molecule has 17 heavy (non-hydrogen) atoms. The van der Waals surface area contributed by atoms with E-state index in [0.717, 1.165) is 30.7 Å². The van der Waals surface area contributed by atoms with Gasteiger partial charge in [-0.05, 0) is 50.0 Å². The predicted molar refractivity (Wildman–Crippen MR) is 72.1 cm³/mol. The average molecular weight is 250 g/mol. The minimum absolute atomic E-state index is 0.957. The lowest BCUT2D eigenvalue weighted by Crippen LogP contribution is -2.26. The van der Waals surface area contributed by atoms with Gasteiger partial charge in [-0.2, -0.15) is 0 Å². The molecule has 3 atom stereocenters. The van der Waals surface area contributed by atoms with Gasteiger partial charge in [0.05, 0.1) is 10.7 Å². The maximum Gasteiger partial charge on any atom is 0.0926 e. The van der Waals surface area contributed by atoms with Crippen LogP contribution in [0.25, 0.3) is 0 Å². The Hall–Kier alpha value is -0.410. The Morgan fingerprint density at radius 2 is 2.35 bits per heavy atom. The first-order valence-corrected chi connectivity index (χ1v) is 7.87. The van der Waals surface area contributed by atoms with E-state index in [1.165, 1.54) is 42.9 Å². The van der Waals surface area contributed by atoms with E-state index in [9.17, 15) is 0 Å². The largest absolute Gasteiger partial charge is 0.311 e. The van der Waals surface area contributed by atoms with Gasteiger partial charge in [0.25, 0.3) is 0 Å². The van der Waals surface area contributed by atoms with Crippen molar-refractivity contribution in [3.63, 3.8) is 0 Å². The molecule has 1 N–H and O–H groups in total. The molecule has 1 aromatic heterocycles. The summed E-state index contributed by atoms with van der Waals surface area (Å²) < 4.78 is 0. The van der Waals surface area contributed by atoms with Crippen LogP contribution in [0.2, 0.25) is 0 Å². The van der Waals surface area contributed by atoms with E-state index < -0.39 is 0 Å². The molecule has 2 bridgehead atoms. The monoisotopic (exact) mass is 250 g/mol. The average Bonchev–Trinajstić information content (AvgIpc) is 3.04. The van der Waals surface area contributed by atoms with Crippen molar-refractivity contribution in [3.05, 3.63) is 16.1 Å². The van der Waals surface area contributed by atoms with Crippen LogP contribution in [-0.4, -0.2) is 11.5 Å². The number of hydrogen-bond donors (Lipinski definition) is 1. The van der Waals surface area contributed by atoms with Crippen molar-refractivity contribution in [2.75, 3.05) is 6.54 Å². The second kappa shape index (κ2) is 5.07. The molecule has 94 valence electrons. The molecule has 3 heteroatoms. The summed E-state index contributed by atoms with van der Waals surface area (Å²) in [5.74, 6) is 3.06. The molecular weight excluding hydrogens is 228 g/mol. The Balaban J connectivity index is 1.43. The fraction of sp³-hybridized carbons (Fsp3) is 0.786. The predicted octanol–water partition coefficient (Wildman–Crippen LogP) is 3.23. The lowest BCUT2D eigenvalue weighted by atomic mass is 9.89. The zero-order valence-electron chi connectivity index (χ0n) is 10.6. The van der Waals surface area contributed by atoms with Crippen LogP contribution in [0.1, 0.15) is 43.3 Å². The van der Waals surface area contributed by atoms with E-state index >= 15 is 0 Å². The number of fused-ring (bicyclic) bond motifs is 2. The summed E-state index contributed by atoms with van der Waals surface area (Å²) in [6.45, 7) is 4.34. The van der Waals surface area contributed by atoms with Crippen LogP contribution < -0.4 is 5.32 Å². The molecule has 0 spiro atoms. The zero-order chi connectivity index (χ0) is 11.7. The lowest BCUT2D eigenvalue weighted by molar-refractivity contribution is 0.318. The molecule has 2 aliphatic carbocycles. The van der Waals surface area contributed by atoms with Crippen LogP contribution in [0.5, 0.6) is 0 Å². The molecule has 2 fully saturated rings. The Bertz CT molecular complexity index is 374. The minimum Gasteiger partial charge on any atom is -0.311 e. The molecule has 0 amide bonds. The number of aromatic nitrogens is 1. The van der Waals surface area contributed by atoms with Crippen molar-refractivity contribution >= 4 is 11.3 Å². The number of nitrogens with one attached hydrogen (secondary N) is 1. The zero-order valence-corrected chi connectivity index (χ0v) is 11.4. The van der Waals surface area contributed by atoms with E-state index in [4.69, 9.17) is 0 Å². The van der Waals surface area contributed by atoms with Gasteiger partial charge in [-0.1, -0.05) is 13.3 Å². The number of nitrogens with zero attached hydrogens (tertiary/aromatic N) is 1. The van der Waals surface area contributed by atoms with Crippen LogP contribution in [0.15, 0.2) is 5.38 Å². The van der Waals surface area contributed by atoms with Crippen LogP contribution in [0.4, 0.5) is 0 Å². The van der Waals surface area contributed by atoms with Gasteiger partial charge in [0, 0.05) is 11.9 Å². The van der Waals surface area contributed by atoms with E-state index in [0.29, 0.717) is 0 Å². The molecule has 0 aliphatic heterocycles.